The maximum absolute atomic E-state index is 12.5. The van der Waals surface area contributed by atoms with Crippen LogP contribution in [0, 0.1) is 5.82 Å². The van der Waals surface area contributed by atoms with E-state index in [2.05, 4.69) is 0 Å². The molecule has 0 unspecified atom stereocenters. The van der Waals surface area contributed by atoms with Crippen LogP contribution in [0.1, 0.15) is 5.56 Å². The molecule has 0 aliphatic heterocycles. The lowest BCUT2D eigenvalue weighted by Gasteiger charge is -2.07. The van der Waals surface area contributed by atoms with Crippen LogP contribution in [0.3, 0.4) is 0 Å². The van der Waals surface area contributed by atoms with Crippen molar-refractivity contribution in [2.24, 2.45) is 11.6 Å². The fourth-order valence-electron chi connectivity index (χ4n) is 0.936. The summed E-state index contributed by atoms with van der Waals surface area (Å²) in [4.78, 5) is 0. The van der Waals surface area contributed by atoms with E-state index < -0.39 is 0 Å². The molecule has 0 aliphatic rings. The molecule has 0 saturated heterocycles. The smallest absolute Gasteiger partial charge is 0.123 e. The SMILES string of the molecule is CN(N)/C=C(\N)c1ccc(F)cc1. The summed E-state index contributed by atoms with van der Waals surface area (Å²) in [5.41, 5.74) is 6.92. The number of benzene rings is 1. The summed E-state index contributed by atoms with van der Waals surface area (Å²) in [5, 5.41) is 1.35. The number of nitrogens with zero attached hydrogens (tertiary/aromatic N) is 1. The van der Waals surface area contributed by atoms with E-state index in [9.17, 15) is 4.39 Å². The third kappa shape index (κ3) is 2.76. The molecule has 0 amide bonds. The van der Waals surface area contributed by atoms with E-state index in [0.29, 0.717) is 5.70 Å². The van der Waals surface area contributed by atoms with Gasteiger partial charge in [-0.3, -0.25) is 0 Å². The van der Waals surface area contributed by atoms with Crippen molar-refractivity contribution in [3.8, 4) is 0 Å². The second-order valence-corrected chi connectivity index (χ2v) is 2.76. The van der Waals surface area contributed by atoms with Crippen LogP contribution in [0.15, 0.2) is 30.5 Å². The number of nitrogens with two attached hydrogens (primary N) is 2. The Kier molecular flexibility index (Phi) is 2.87. The van der Waals surface area contributed by atoms with Gasteiger partial charge in [0.15, 0.2) is 0 Å². The Labute approximate surface area is 76.4 Å². The molecule has 4 N–H and O–H groups in total. The number of hydrogen-bond acceptors (Lipinski definition) is 3. The van der Waals surface area contributed by atoms with Crippen LogP contribution in [0.25, 0.3) is 5.70 Å². The van der Waals surface area contributed by atoms with Gasteiger partial charge in [-0.05, 0) is 29.8 Å². The summed E-state index contributed by atoms with van der Waals surface area (Å²) in [5.74, 6) is 5.08. The molecule has 1 rings (SSSR count). The normalized spacial score (nSPS) is 11.5. The molecule has 13 heavy (non-hydrogen) atoms. The third-order valence-electron chi connectivity index (χ3n) is 1.52. The molecular weight excluding hydrogens is 169 g/mol. The first-order valence-corrected chi connectivity index (χ1v) is 3.80. The molecule has 0 fully saturated rings. The van der Waals surface area contributed by atoms with Gasteiger partial charge in [-0.25, -0.2) is 10.2 Å². The van der Waals surface area contributed by atoms with Crippen molar-refractivity contribution in [3.63, 3.8) is 0 Å². The van der Waals surface area contributed by atoms with Crippen molar-refractivity contribution in [3.05, 3.63) is 41.8 Å². The minimum absolute atomic E-state index is 0.280. The van der Waals surface area contributed by atoms with Crippen LogP contribution < -0.4 is 11.6 Å². The van der Waals surface area contributed by atoms with Crippen molar-refractivity contribution >= 4 is 5.70 Å². The summed E-state index contributed by atoms with van der Waals surface area (Å²) in [6.45, 7) is 0. The average molecular weight is 181 g/mol. The van der Waals surface area contributed by atoms with Gasteiger partial charge in [0.25, 0.3) is 0 Å². The van der Waals surface area contributed by atoms with E-state index in [0.717, 1.165) is 5.56 Å². The van der Waals surface area contributed by atoms with Gasteiger partial charge in [-0.1, -0.05) is 0 Å². The van der Waals surface area contributed by atoms with Gasteiger partial charge < -0.3 is 10.7 Å². The Balaban J connectivity index is 2.89. The third-order valence-corrected chi connectivity index (χ3v) is 1.52. The lowest BCUT2D eigenvalue weighted by molar-refractivity contribution is 0.486. The van der Waals surface area contributed by atoms with E-state index in [1.165, 1.54) is 17.1 Å². The Morgan fingerprint density at radius 2 is 1.92 bits per heavy atom. The number of halogens is 1. The van der Waals surface area contributed by atoms with E-state index in [1.807, 2.05) is 0 Å². The van der Waals surface area contributed by atoms with Gasteiger partial charge in [-0.2, -0.15) is 0 Å². The quantitative estimate of drug-likeness (QED) is 0.526. The zero-order valence-corrected chi connectivity index (χ0v) is 7.37. The van der Waals surface area contributed by atoms with Gasteiger partial charge in [0, 0.05) is 13.2 Å². The number of hydrogen-bond donors (Lipinski definition) is 2. The summed E-state index contributed by atoms with van der Waals surface area (Å²) in [6, 6.07) is 5.91. The van der Waals surface area contributed by atoms with E-state index in [1.54, 1.807) is 25.4 Å². The van der Waals surface area contributed by atoms with Crippen molar-refractivity contribution in [2.45, 2.75) is 0 Å². The first-order chi connectivity index (χ1) is 6.09. The predicted octanol–water partition coefficient (Wildman–Crippen LogP) is 0.888. The van der Waals surface area contributed by atoms with Crippen LogP contribution in [0.5, 0.6) is 0 Å². The summed E-state index contributed by atoms with van der Waals surface area (Å²) < 4.78 is 12.5. The summed E-state index contributed by atoms with van der Waals surface area (Å²) in [7, 11) is 1.66. The zero-order chi connectivity index (χ0) is 9.84. The molecule has 3 nitrogen and oxygen atoms in total. The van der Waals surface area contributed by atoms with Crippen LogP contribution in [-0.2, 0) is 0 Å². The Morgan fingerprint density at radius 3 is 2.38 bits per heavy atom. The van der Waals surface area contributed by atoms with Gasteiger partial charge in [-0.15, -0.1) is 0 Å². The predicted molar refractivity (Wildman–Crippen MR) is 50.5 cm³/mol. The average Bonchev–Trinajstić information content (AvgIpc) is 2.04. The zero-order valence-electron chi connectivity index (χ0n) is 7.37. The largest absolute Gasteiger partial charge is 0.397 e. The van der Waals surface area contributed by atoms with Crippen molar-refractivity contribution in [1.82, 2.24) is 5.01 Å². The van der Waals surface area contributed by atoms with Crippen LogP contribution in [0.2, 0.25) is 0 Å². The van der Waals surface area contributed by atoms with Crippen molar-refractivity contribution in [1.29, 1.82) is 0 Å². The van der Waals surface area contributed by atoms with Crippen LogP contribution in [-0.4, -0.2) is 12.1 Å². The molecule has 0 radical (unpaired) electrons. The maximum Gasteiger partial charge on any atom is 0.123 e. The molecule has 1 aromatic carbocycles. The standard InChI is InChI=1S/C9H12FN3/c1-13(12)6-9(11)7-2-4-8(10)5-3-7/h2-6H,11-12H2,1H3/b9-6-. The highest BCUT2D eigenvalue weighted by atomic mass is 19.1. The second kappa shape index (κ2) is 3.91. The molecule has 0 heterocycles. The molecule has 0 atom stereocenters. The van der Waals surface area contributed by atoms with Gasteiger partial charge >= 0.3 is 0 Å². The maximum atomic E-state index is 12.5. The van der Waals surface area contributed by atoms with E-state index >= 15 is 0 Å². The van der Waals surface area contributed by atoms with E-state index in [4.69, 9.17) is 11.6 Å². The van der Waals surface area contributed by atoms with Gasteiger partial charge in [0.05, 0.1) is 5.70 Å². The Hall–Kier alpha value is -1.55. The van der Waals surface area contributed by atoms with Crippen molar-refractivity contribution < 1.29 is 4.39 Å². The molecule has 0 saturated carbocycles. The Bertz CT molecular complexity index is 303. The molecule has 4 heteroatoms. The number of rotatable bonds is 2. The molecule has 0 aromatic heterocycles. The highest BCUT2D eigenvalue weighted by molar-refractivity contribution is 5.61. The molecule has 0 bridgehead atoms. The topological polar surface area (TPSA) is 55.3 Å². The minimum atomic E-state index is -0.280. The fraction of sp³-hybridized carbons (Fsp3) is 0.111. The monoisotopic (exact) mass is 181 g/mol. The van der Waals surface area contributed by atoms with Crippen LogP contribution in [0.4, 0.5) is 4.39 Å². The van der Waals surface area contributed by atoms with Gasteiger partial charge in [0.1, 0.15) is 5.82 Å². The summed E-state index contributed by atoms with van der Waals surface area (Å²) >= 11 is 0. The second-order valence-electron chi connectivity index (χ2n) is 2.76. The van der Waals surface area contributed by atoms with Crippen molar-refractivity contribution in [2.75, 3.05) is 7.05 Å². The molecule has 1 aromatic rings. The molecule has 0 spiro atoms. The highest BCUT2D eigenvalue weighted by Crippen LogP contribution is 2.09. The Morgan fingerprint density at radius 1 is 1.38 bits per heavy atom. The first-order valence-electron chi connectivity index (χ1n) is 3.80. The lowest BCUT2D eigenvalue weighted by Crippen LogP contribution is -2.20. The fourth-order valence-corrected chi connectivity index (χ4v) is 0.936. The molecular formula is C9H12FN3. The van der Waals surface area contributed by atoms with E-state index in [-0.39, 0.29) is 5.82 Å². The molecule has 70 valence electrons. The summed E-state index contributed by atoms with van der Waals surface area (Å²) in [6.07, 6.45) is 1.56. The highest BCUT2D eigenvalue weighted by Gasteiger charge is 1.96. The molecule has 0 aliphatic carbocycles. The lowest BCUT2D eigenvalue weighted by atomic mass is 10.2. The van der Waals surface area contributed by atoms with Gasteiger partial charge in [0.2, 0.25) is 0 Å². The minimum Gasteiger partial charge on any atom is -0.397 e. The van der Waals surface area contributed by atoms with Crippen LogP contribution >= 0.6 is 0 Å². The number of hydrazine groups is 1. The first kappa shape index (κ1) is 9.54.